The number of aromatic amines is 1. The fourth-order valence-corrected chi connectivity index (χ4v) is 2.67. The second-order valence-corrected chi connectivity index (χ2v) is 5.56. The van der Waals surface area contributed by atoms with E-state index in [4.69, 9.17) is 4.74 Å². The Morgan fingerprint density at radius 1 is 0.917 bits per heavy atom. The van der Waals surface area contributed by atoms with Crippen LogP contribution in [0.3, 0.4) is 0 Å². The van der Waals surface area contributed by atoms with Gasteiger partial charge in [0.25, 0.3) is 0 Å². The van der Waals surface area contributed by atoms with Crippen molar-refractivity contribution in [3.63, 3.8) is 0 Å². The van der Waals surface area contributed by atoms with Gasteiger partial charge >= 0.3 is 0 Å². The Morgan fingerprint density at radius 3 is 2.42 bits per heavy atom. The lowest BCUT2D eigenvalue weighted by Crippen LogP contribution is -1.85. The van der Waals surface area contributed by atoms with Crippen LogP contribution in [0.25, 0.3) is 33.7 Å². The number of nitrogens with zero attached hydrogens (tertiary/aromatic N) is 3. The molecule has 4 rings (SSSR count). The number of benzene rings is 1. The molecular weight excluding hydrogens is 300 g/mol. The first-order valence-corrected chi connectivity index (χ1v) is 7.67. The van der Waals surface area contributed by atoms with Gasteiger partial charge in [-0.15, -0.1) is 0 Å². The molecule has 0 unspecified atom stereocenters. The van der Waals surface area contributed by atoms with E-state index in [0.29, 0.717) is 5.65 Å². The third-order valence-electron chi connectivity index (χ3n) is 3.98. The van der Waals surface area contributed by atoms with Gasteiger partial charge in [-0.3, -0.25) is 4.98 Å². The average molecular weight is 316 g/mol. The monoisotopic (exact) mass is 316 g/mol. The van der Waals surface area contributed by atoms with Crippen molar-refractivity contribution < 1.29 is 4.74 Å². The Kier molecular flexibility index (Phi) is 3.46. The Labute approximate surface area is 139 Å². The molecule has 1 aromatic carbocycles. The zero-order valence-electron chi connectivity index (χ0n) is 13.4. The molecule has 0 aliphatic heterocycles. The van der Waals surface area contributed by atoms with E-state index in [9.17, 15) is 0 Å². The Hall–Kier alpha value is -3.21. The minimum absolute atomic E-state index is 0.693. The van der Waals surface area contributed by atoms with Gasteiger partial charge in [-0.2, -0.15) is 0 Å². The maximum absolute atomic E-state index is 5.22. The fraction of sp³-hybridized carbons (Fsp3) is 0.105. The molecule has 0 aliphatic rings. The van der Waals surface area contributed by atoms with E-state index in [2.05, 4.69) is 19.9 Å². The maximum atomic E-state index is 5.22. The highest BCUT2D eigenvalue weighted by molar-refractivity contribution is 5.91. The summed E-state index contributed by atoms with van der Waals surface area (Å²) in [4.78, 5) is 16.7. The number of methoxy groups -OCH3 is 1. The summed E-state index contributed by atoms with van der Waals surface area (Å²) in [6.45, 7) is 1.96. The third-order valence-corrected chi connectivity index (χ3v) is 3.98. The molecule has 5 heteroatoms. The van der Waals surface area contributed by atoms with Crippen LogP contribution in [0.2, 0.25) is 0 Å². The molecule has 3 aromatic heterocycles. The van der Waals surface area contributed by atoms with Crippen molar-refractivity contribution in [2.75, 3.05) is 7.11 Å². The summed E-state index contributed by atoms with van der Waals surface area (Å²) in [6.07, 6.45) is 3.60. The highest BCUT2D eigenvalue weighted by Gasteiger charge is 2.11. The Morgan fingerprint density at radius 2 is 1.71 bits per heavy atom. The molecule has 118 valence electrons. The van der Waals surface area contributed by atoms with Crippen molar-refractivity contribution in [1.29, 1.82) is 0 Å². The van der Waals surface area contributed by atoms with Crippen molar-refractivity contribution in [2.24, 2.45) is 0 Å². The van der Waals surface area contributed by atoms with E-state index >= 15 is 0 Å². The molecule has 0 spiro atoms. The van der Waals surface area contributed by atoms with Crippen molar-refractivity contribution in [3.8, 4) is 28.3 Å². The summed E-state index contributed by atoms with van der Waals surface area (Å²) >= 11 is 0. The van der Waals surface area contributed by atoms with Gasteiger partial charge in [0.15, 0.2) is 5.65 Å². The molecule has 0 saturated heterocycles. The second kappa shape index (κ2) is 5.77. The van der Waals surface area contributed by atoms with Crippen LogP contribution >= 0.6 is 0 Å². The molecule has 1 N–H and O–H groups in total. The standard InChI is InChI=1S/C19H16N4O/c1-12-3-4-14(11-21-12)18-22-17-16(9-10-20-19(17)23-18)13-5-7-15(24-2)8-6-13/h3-11H,1-2H3,(H,20,22,23). The van der Waals surface area contributed by atoms with Gasteiger partial charge in [0.1, 0.15) is 11.6 Å². The average Bonchev–Trinajstić information content (AvgIpc) is 3.06. The number of aryl methyl sites for hydroxylation is 1. The Bertz CT molecular complexity index is 988. The fourth-order valence-electron chi connectivity index (χ4n) is 2.67. The number of H-pyrrole nitrogens is 1. The second-order valence-electron chi connectivity index (χ2n) is 5.56. The largest absolute Gasteiger partial charge is 0.497 e. The summed E-state index contributed by atoms with van der Waals surface area (Å²) in [5.74, 6) is 1.60. The topological polar surface area (TPSA) is 63.7 Å². The molecule has 0 bridgehead atoms. The van der Waals surface area contributed by atoms with Gasteiger partial charge in [-0.05, 0) is 42.8 Å². The number of aromatic nitrogens is 4. The smallest absolute Gasteiger partial charge is 0.178 e. The molecule has 0 saturated carbocycles. The minimum atomic E-state index is 0.693. The van der Waals surface area contributed by atoms with Crippen LogP contribution in [0.15, 0.2) is 54.9 Å². The normalized spacial score (nSPS) is 10.9. The quantitative estimate of drug-likeness (QED) is 0.620. The van der Waals surface area contributed by atoms with E-state index in [1.807, 2.05) is 55.6 Å². The number of hydrogen-bond donors (Lipinski definition) is 1. The van der Waals surface area contributed by atoms with Crippen molar-refractivity contribution in [2.45, 2.75) is 6.92 Å². The molecule has 0 fully saturated rings. The lowest BCUT2D eigenvalue weighted by atomic mass is 10.1. The number of imidazole rings is 1. The van der Waals surface area contributed by atoms with Crippen molar-refractivity contribution in [1.82, 2.24) is 19.9 Å². The predicted molar refractivity (Wildman–Crippen MR) is 93.8 cm³/mol. The van der Waals surface area contributed by atoms with Crippen molar-refractivity contribution in [3.05, 3.63) is 60.6 Å². The molecular formula is C19H16N4O. The number of nitrogens with one attached hydrogen (secondary N) is 1. The maximum Gasteiger partial charge on any atom is 0.178 e. The van der Waals surface area contributed by atoms with E-state index in [1.165, 1.54) is 0 Å². The first-order valence-electron chi connectivity index (χ1n) is 7.67. The number of hydrogen-bond acceptors (Lipinski definition) is 4. The van der Waals surface area contributed by atoms with Crippen LogP contribution in [0.5, 0.6) is 5.75 Å². The summed E-state index contributed by atoms with van der Waals surface area (Å²) in [5.41, 5.74) is 5.67. The molecule has 5 nitrogen and oxygen atoms in total. The van der Waals surface area contributed by atoms with Gasteiger partial charge in [-0.1, -0.05) is 12.1 Å². The van der Waals surface area contributed by atoms with E-state index < -0.39 is 0 Å². The van der Waals surface area contributed by atoms with Gasteiger partial charge < -0.3 is 9.72 Å². The van der Waals surface area contributed by atoms with Crippen LogP contribution < -0.4 is 4.74 Å². The van der Waals surface area contributed by atoms with Crippen LogP contribution in [0.1, 0.15) is 5.69 Å². The highest BCUT2D eigenvalue weighted by Crippen LogP contribution is 2.29. The zero-order valence-corrected chi connectivity index (χ0v) is 13.4. The molecule has 24 heavy (non-hydrogen) atoms. The summed E-state index contributed by atoms with van der Waals surface area (Å²) in [6, 6.07) is 13.9. The zero-order chi connectivity index (χ0) is 16.5. The van der Waals surface area contributed by atoms with Gasteiger partial charge in [0, 0.05) is 29.2 Å². The summed E-state index contributed by atoms with van der Waals surface area (Å²) < 4.78 is 5.22. The van der Waals surface area contributed by atoms with E-state index in [1.54, 1.807) is 13.3 Å². The SMILES string of the molecule is COc1ccc(-c2ccnc3nc(-c4ccc(C)nc4)[nH]c23)cc1. The van der Waals surface area contributed by atoms with Crippen LogP contribution in [0.4, 0.5) is 0 Å². The summed E-state index contributed by atoms with van der Waals surface area (Å²) in [5, 5.41) is 0. The predicted octanol–water partition coefficient (Wildman–Crippen LogP) is 4.00. The van der Waals surface area contributed by atoms with Gasteiger partial charge in [-0.25, -0.2) is 9.97 Å². The number of fused-ring (bicyclic) bond motifs is 1. The number of pyridine rings is 2. The third kappa shape index (κ3) is 2.50. The highest BCUT2D eigenvalue weighted by atomic mass is 16.5. The minimum Gasteiger partial charge on any atom is -0.497 e. The van der Waals surface area contributed by atoms with Crippen LogP contribution in [0, 0.1) is 6.92 Å². The first kappa shape index (κ1) is 14.4. The number of rotatable bonds is 3. The number of ether oxygens (including phenoxy) is 1. The van der Waals surface area contributed by atoms with E-state index in [0.717, 1.165) is 39.5 Å². The van der Waals surface area contributed by atoms with Crippen LogP contribution in [-0.4, -0.2) is 27.0 Å². The summed E-state index contributed by atoms with van der Waals surface area (Å²) in [7, 11) is 1.66. The first-order chi connectivity index (χ1) is 11.7. The lowest BCUT2D eigenvalue weighted by Gasteiger charge is -2.04. The molecule has 0 amide bonds. The molecule has 0 aliphatic carbocycles. The lowest BCUT2D eigenvalue weighted by molar-refractivity contribution is 0.415. The Balaban J connectivity index is 1.83. The molecule has 0 atom stereocenters. The van der Waals surface area contributed by atoms with Crippen molar-refractivity contribution >= 4 is 11.2 Å². The van der Waals surface area contributed by atoms with Crippen LogP contribution in [-0.2, 0) is 0 Å². The molecule has 3 heterocycles. The molecule has 0 radical (unpaired) electrons. The van der Waals surface area contributed by atoms with E-state index in [-0.39, 0.29) is 0 Å². The van der Waals surface area contributed by atoms with Gasteiger partial charge in [0.05, 0.1) is 12.6 Å². The van der Waals surface area contributed by atoms with Gasteiger partial charge in [0.2, 0.25) is 0 Å². The molecule has 4 aromatic rings.